The van der Waals surface area contributed by atoms with E-state index in [4.69, 9.17) is 27.9 Å². The number of para-hydroxylation sites is 1. The maximum atomic E-state index is 11.0. The number of ether oxygens (including phenoxy) is 1. The smallest absolute Gasteiger partial charge is 0.313 e. The first kappa shape index (κ1) is 10.4. The molecule has 0 amide bonds. The van der Waals surface area contributed by atoms with E-state index < -0.39 is 10.8 Å². The summed E-state index contributed by atoms with van der Waals surface area (Å²) in [4.78, 5) is 10.3. The molecule has 0 aliphatic carbocycles. The minimum atomic E-state index is -0.712. The van der Waals surface area contributed by atoms with E-state index in [-0.39, 0.29) is 6.42 Å². The summed E-state index contributed by atoms with van der Waals surface area (Å²) in [5.41, 5.74) is 0. The second-order valence-electron chi connectivity index (χ2n) is 2.38. The Labute approximate surface area is 86.4 Å². The Bertz CT molecular complexity index is 272. The Balaban J connectivity index is 2.46. The van der Waals surface area contributed by atoms with E-state index in [0.717, 1.165) is 0 Å². The molecule has 1 aromatic carbocycles. The van der Waals surface area contributed by atoms with Gasteiger partial charge in [0.25, 0.3) is 0 Å². The second kappa shape index (κ2) is 5.10. The summed E-state index contributed by atoms with van der Waals surface area (Å²) in [5, 5.41) is 0. The van der Waals surface area contributed by atoms with Crippen LogP contribution in [0.25, 0.3) is 0 Å². The highest BCUT2D eigenvalue weighted by Crippen LogP contribution is 2.12. The molecule has 2 nitrogen and oxygen atoms in total. The van der Waals surface area contributed by atoms with Crippen molar-refractivity contribution in [2.45, 2.75) is 11.3 Å². The van der Waals surface area contributed by atoms with Crippen molar-refractivity contribution in [1.82, 2.24) is 0 Å². The third-order valence-corrected chi connectivity index (χ3v) is 1.60. The number of carbonyl (C=O) groups excluding carboxylic acids is 1. The van der Waals surface area contributed by atoms with Crippen LogP contribution >= 0.6 is 23.2 Å². The van der Waals surface area contributed by atoms with Crippen molar-refractivity contribution in [1.29, 1.82) is 0 Å². The molecule has 0 aliphatic heterocycles. The minimum absolute atomic E-state index is 0.00198. The lowest BCUT2D eigenvalue weighted by Crippen LogP contribution is -2.10. The molecule has 0 aromatic heterocycles. The number of hydrogen-bond donors (Lipinski definition) is 0. The number of rotatable bonds is 3. The number of hydrogen-bond acceptors (Lipinski definition) is 2. The Hall–Kier alpha value is -0.730. The Morgan fingerprint density at radius 2 is 1.92 bits per heavy atom. The van der Waals surface area contributed by atoms with Gasteiger partial charge in [0.05, 0.1) is 6.42 Å². The molecule has 0 atom stereocenters. The van der Waals surface area contributed by atoms with E-state index in [2.05, 4.69) is 0 Å². The highest BCUT2D eigenvalue weighted by atomic mass is 35.5. The number of halogens is 2. The van der Waals surface area contributed by atoms with Crippen molar-refractivity contribution in [2.24, 2.45) is 0 Å². The number of benzene rings is 1. The fourth-order valence-electron chi connectivity index (χ4n) is 0.788. The molecular formula is C9H8Cl2O2. The third kappa shape index (κ3) is 4.15. The van der Waals surface area contributed by atoms with Crippen molar-refractivity contribution < 1.29 is 9.53 Å². The molecule has 0 saturated carbocycles. The maximum absolute atomic E-state index is 11.0. The molecule has 0 spiro atoms. The van der Waals surface area contributed by atoms with Crippen molar-refractivity contribution in [3.63, 3.8) is 0 Å². The normalized spacial score (nSPS) is 10.1. The van der Waals surface area contributed by atoms with Crippen LogP contribution in [-0.2, 0) is 4.79 Å². The zero-order valence-corrected chi connectivity index (χ0v) is 8.26. The van der Waals surface area contributed by atoms with Crippen LogP contribution in [0.15, 0.2) is 30.3 Å². The summed E-state index contributed by atoms with van der Waals surface area (Å²) in [6.07, 6.45) is -0.00198. The lowest BCUT2D eigenvalue weighted by atomic mass is 10.3. The van der Waals surface area contributed by atoms with Crippen LogP contribution in [0.5, 0.6) is 5.75 Å². The molecule has 0 fully saturated rings. The van der Waals surface area contributed by atoms with E-state index in [0.29, 0.717) is 5.75 Å². The van der Waals surface area contributed by atoms with Gasteiger partial charge in [-0.1, -0.05) is 18.2 Å². The van der Waals surface area contributed by atoms with Crippen LogP contribution in [0.3, 0.4) is 0 Å². The maximum Gasteiger partial charge on any atom is 0.313 e. The summed E-state index contributed by atoms with van der Waals surface area (Å²) in [6.45, 7) is 0. The van der Waals surface area contributed by atoms with E-state index in [9.17, 15) is 4.79 Å². The molecule has 1 rings (SSSR count). The van der Waals surface area contributed by atoms with Gasteiger partial charge in [0.15, 0.2) is 0 Å². The summed E-state index contributed by atoms with van der Waals surface area (Å²) < 4.78 is 4.92. The van der Waals surface area contributed by atoms with Gasteiger partial charge in [-0.2, -0.15) is 0 Å². The summed E-state index contributed by atoms with van der Waals surface area (Å²) in [5.74, 6) is 0.0719. The summed E-state index contributed by atoms with van der Waals surface area (Å²) in [7, 11) is 0. The molecule has 0 unspecified atom stereocenters. The first-order valence-corrected chi connectivity index (χ1v) is 4.59. The molecule has 0 saturated heterocycles. The molecule has 0 N–H and O–H groups in total. The van der Waals surface area contributed by atoms with Gasteiger partial charge in [0, 0.05) is 0 Å². The van der Waals surface area contributed by atoms with Gasteiger partial charge >= 0.3 is 5.97 Å². The highest BCUT2D eigenvalue weighted by molar-refractivity contribution is 6.45. The molecular weight excluding hydrogens is 211 g/mol. The van der Waals surface area contributed by atoms with E-state index in [1.165, 1.54) is 0 Å². The number of carbonyl (C=O) groups is 1. The van der Waals surface area contributed by atoms with Crippen LogP contribution in [-0.4, -0.2) is 10.8 Å². The molecule has 70 valence electrons. The predicted octanol–water partition coefficient (Wildman–Crippen LogP) is 2.79. The Morgan fingerprint density at radius 3 is 2.46 bits per heavy atom. The topological polar surface area (TPSA) is 26.3 Å². The summed E-state index contributed by atoms with van der Waals surface area (Å²) >= 11 is 10.8. The second-order valence-corrected chi connectivity index (χ2v) is 3.66. The van der Waals surface area contributed by atoms with Crippen LogP contribution in [0.1, 0.15) is 6.42 Å². The summed E-state index contributed by atoms with van der Waals surface area (Å²) in [6, 6.07) is 8.77. The third-order valence-electron chi connectivity index (χ3n) is 1.30. The molecule has 0 aliphatic rings. The lowest BCUT2D eigenvalue weighted by molar-refractivity contribution is -0.134. The zero-order chi connectivity index (χ0) is 9.68. The average molecular weight is 219 g/mol. The largest absolute Gasteiger partial charge is 0.426 e. The zero-order valence-electron chi connectivity index (χ0n) is 6.74. The number of alkyl halides is 2. The van der Waals surface area contributed by atoms with E-state index in [1.807, 2.05) is 6.07 Å². The molecule has 1 aromatic rings. The van der Waals surface area contributed by atoms with Gasteiger partial charge in [0.2, 0.25) is 0 Å². The minimum Gasteiger partial charge on any atom is -0.426 e. The molecule has 4 heteroatoms. The monoisotopic (exact) mass is 218 g/mol. The van der Waals surface area contributed by atoms with Gasteiger partial charge in [-0.15, -0.1) is 23.2 Å². The van der Waals surface area contributed by atoms with Gasteiger partial charge in [-0.25, -0.2) is 0 Å². The first-order chi connectivity index (χ1) is 6.18. The quantitative estimate of drug-likeness (QED) is 0.443. The number of esters is 1. The SMILES string of the molecule is O=C(CC(Cl)Cl)Oc1ccccc1. The Morgan fingerprint density at radius 1 is 1.31 bits per heavy atom. The van der Waals surface area contributed by atoms with Gasteiger partial charge < -0.3 is 4.74 Å². The predicted molar refractivity (Wildman–Crippen MR) is 52.2 cm³/mol. The molecule has 0 bridgehead atoms. The average Bonchev–Trinajstić information content (AvgIpc) is 2.04. The molecule has 0 heterocycles. The van der Waals surface area contributed by atoms with Crippen molar-refractivity contribution in [3.8, 4) is 5.75 Å². The highest BCUT2D eigenvalue weighted by Gasteiger charge is 2.09. The fourth-order valence-corrected chi connectivity index (χ4v) is 1.04. The van der Waals surface area contributed by atoms with Gasteiger partial charge in [-0.3, -0.25) is 4.79 Å². The first-order valence-electron chi connectivity index (χ1n) is 3.72. The molecule has 13 heavy (non-hydrogen) atoms. The standard InChI is InChI=1S/C9H8Cl2O2/c10-8(11)6-9(12)13-7-4-2-1-3-5-7/h1-5,8H,6H2. The van der Waals surface area contributed by atoms with Crippen molar-refractivity contribution >= 4 is 29.2 Å². The molecule has 0 radical (unpaired) electrons. The van der Waals surface area contributed by atoms with Gasteiger partial charge in [-0.05, 0) is 12.1 Å². The van der Waals surface area contributed by atoms with Crippen LogP contribution in [0.4, 0.5) is 0 Å². The Kier molecular flexibility index (Phi) is 4.06. The van der Waals surface area contributed by atoms with Gasteiger partial charge in [0.1, 0.15) is 10.6 Å². The van der Waals surface area contributed by atoms with E-state index in [1.54, 1.807) is 24.3 Å². The lowest BCUT2D eigenvalue weighted by Gasteiger charge is -2.03. The van der Waals surface area contributed by atoms with Crippen LogP contribution in [0, 0.1) is 0 Å². The van der Waals surface area contributed by atoms with Crippen LogP contribution in [0.2, 0.25) is 0 Å². The van der Waals surface area contributed by atoms with Crippen molar-refractivity contribution in [3.05, 3.63) is 30.3 Å². The van der Waals surface area contributed by atoms with Crippen LogP contribution < -0.4 is 4.74 Å². The fraction of sp³-hybridized carbons (Fsp3) is 0.222. The van der Waals surface area contributed by atoms with E-state index >= 15 is 0 Å². The van der Waals surface area contributed by atoms with Crippen molar-refractivity contribution in [2.75, 3.05) is 0 Å².